The molecule has 0 spiro atoms. The third kappa shape index (κ3) is 13.2. The number of hydrogen-bond acceptors (Lipinski definition) is 4. The van der Waals surface area contributed by atoms with E-state index >= 15 is 0 Å². The number of aryl methyl sites for hydroxylation is 2. The number of likely N-dealkylation sites (N-methyl/N-ethyl adjacent to an activating group) is 1. The van der Waals surface area contributed by atoms with Crippen molar-refractivity contribution in [3.05, 3.63) is 132 Å². The lowest BCUT2D eigenvalue weighted by atomic mass is 9.98. The van der Waals surface area contributed by atoms with Gasteiger partial charge >= 0.3 is 7.79 Å². The molecule has 0 aliphatic carbocycles. The van der Waals surface area contributed by atoms with Crippen LogP contribution >= 0.6 is 11.1 Å². The van der Waals surface area contributed by atoms with Crippen LogP contribution in [-0.4, -0.2) is 42.9 Å². The van der Waals surface area contributed by atoms with E-state index in [0.717, 1.165) is 31.6 Å². The average molecular weight is 622 g/mol. The molecule has 4 rings (SSSR count). The minimum atomic E-state index is -2.30. The fraction of sp³-hybridized carbons (Fsp3) is 0.378. The standard InChI is InChI=1S/C14H20ClNOSi.C13H18O.C9H10O.CH4/c1-4-5-11-18(15)16(3)12(2)14(17-18)13-9-7-6-8-10-13;1-3-11(2)13(14)10-9-12-7-5-4-6-8-12;10-8-4-7-9-5-2-1-3-6-9;/h4-10,12,14H,11H2,1-3H3;3-8,11,13-14H,1,9-10H2,2H3;1-3,5-6,8H,4,7H2;1H4/b5-4-;;;/t12-,14+,18?;11-,13-;;/m10../s1. The number of allylic oxidation sites excluding steroid dienone is 2. The van der Waals surface area contributed by atoms with E-state index < -0.39 is 7.79 Å². The van der Waals surface area contributed by atoms with Crippen LogP contribution in [0.25, 0.3) is 0 Å². The lowest BCUT2D eigenvalue weighted by molar-refractivity contribution is -0.107. The number of rotatable bonds is 11. The first-order valence-electron chi connectivity index (χ1n) is 14.8. The topological polar surface area (TPSA) is 49.8 Å². The first kappa shape index (κ1) is 38.2. The molecule has 3 aromatic rings. The number of hydrogen-bond donors (Lipinski definition) is 1. The normalized spacial score (nSPS) is 20.9. The van der Waals surface area contributed by atoms with Crippen LogP contribution in [0.4, 0.5) is 0 Å². The molecule has 1 heterocycles. The van der Waals surface area contributed by atoms with Gasteiger partial charge in [0.1, 0.15) is 6.29 Å². The van der Waals surface area contributed by atoms with Gasteiger partial charge in [-0.2, -0.15) is 0 Å². The fourth-order valence-electron chi connectivity index (χ4n) is 4.58. The van der Waals surface area contributed by atoms with E-state index in [2.05, 4.69) is 55.5 Å². The van der Waals surface area contributed by atoms with Gasteiger partial charge in [0.05, 0.1) is 12.2 Å². The lowest BCUT2D eigenvalue weighted by Gasteiger charge is -2.25. The van der Waals surface area contributed by atoms with Crippen LogP contribution in [-0.2, 0) is 22.1 Å². The second-order valence-electron chi connectivity index (χ2n) is 10.6. The molecule has 4 nitrogen and oxygen atoms in total. The first-order valence-corrected chi connectivity index (χ1v) is 17.9. The Labute approximate surface area is 267 Å². The molecule has 234 valence electrons. The summed E-state index contributed by atoms with van der Waals surface area (Å²) in [5.74, 6) is 0.179. The van der Waals surface area contributed by atoms with Gasteiger partial charge in [0.15, 0.2) is 0 Å². The molecule has 5 atom stereocenters. The Bertz CT molecular complexity index is 1180. The summed E-state index contributed by atoms with van der Waals surface area (Å²) in [5, 5.41) is 9.71. The molecular formula is C37H52ClNO3Si. The molecule has 0 saturated carbocycles. The van der Waals surface area contributed by atoms with Gasteiger partial charge in [-0.15, -0.1) is 17.7 Å². The summed E-state index contributed by atoms with van der Waals surface area (Å²) >= 11 is 6.73. The molecule has 0 radical (unpaired) electrons. The summed E-state index contributed by atoms with van der Waals surface area (Å²) in [5.41, 5.74) is 3.73. The van der Waals surface area contributed by atoms with Crippen molar-refractivity contribution in [2.45, 2.75) is 78.2 Å². The maximum absolute atomic E-state index is 9.98. The van der Waals surface area contributed by atoms with Crippen LogP contribution in [0, 0.1) is 5.92 Å². The highest BCUT2D eigenvalue weighted by Gasteiger charge is 2.51. The van der Waals surface area contributed by atoms with Gasteiger partial charge in [-0.25, -0.2) is 0 Å². The van der Waals surface area contributed by atoms with Crippen LogP contribution in [0.1, 0.15) is 63.8 Å². The van der Waals surface area contributed by atoms with Gasteiger partial charge in [-0.1, -0.05) is 124 Å². The number of aldehydes is 1. The summed E-state index contributed by atoms with van der Waals surface area (Å²) in [7, 11) is -0.221. The van der Waals surface area contributed by atoms with Crippen molar-refractivity contribution in [3.8, 4) is 0 Å². The third-order valence-electron chi connectivity index (χ3n) is 7.56. The Morgan fingerprint density at radius 1 is 0.977 bits per heavy atom. The number of carbonyl (C=O) groups is 1. The van der Waals surface area contributed by atoms with E-state index in [1.165, 1.54) is 16.7 Å². The second kappa shape index (κ2) is 21.0. The molecule has 1 unspecified atom stereocenters. The zero-order valence-corrected chi connectivity index (χ0v) is 27.4. The van der Waals surface area contributed by atoms with Crippen LogP contribution in [0.15, 0.2) is 116 Å². The summed E-state index contributed by atoms with van der Waals surface area (Å²) in [4.78, 5) is 9.98. The highest BCUT2D eigenvalue weighted by Crippen LogP contribution is 2.41. The van der Waals surface area contributed by atoms with Crippen molar-refractivity contribution in [3.63, 3.8) is 0 Å². The molecule has 3 aromatic carbocycles. The highest BCUT2D eigenvalue weighted by atomic mass is 35.6. The molecular weight excluding hydrogens is 570 g/mol. The molecule has 1 fully saturated rings. The smallest absolute Gasteiger partial charge is 0.377 e. The predicted octanol–water partition coefficient (Wildman–Crippen LogP) is 9.09. The minimum absolute atomic E-state index is 0. The average Bonchev–Trinajstić information content (AvgIpc) is 3.27. The van der Waals surface area contributed by atoms with E-state index in [-0.39, 0.29) is 25.6 Å². The van der Waals surface area contributed by atoms with Gasteiger partial charge in [0, 0.05) is 18.5 Å². The summed E-state index contributed by atoms with van der Waals surface area (Å²) < 4.78 is 8.48. The predicted molar refractivity (Wildman–Crippen MR) is 186 cm³/mol. The molecule has 1 N–H and O–H groups in total. The third-order valence-corrected chi connectivity index (χ3v) is 11.9. The van der Waals surface area contributed by atoms with Gasteiger partial charge in [0.25, 0.3) is 0 Å². The number of aliphatic hydroxyl groups excluding tert-OH is 1. The molecule has 0 aromatic heterocycles. The number of nitrogens with zero attached hydrogens (tertiary/aromatic N) is 1. The molecule has 6 heteroatoms. The summed E-state index contributed by atoms with van der Waals surface area (Å²) in [6.07, 6.45) is 9.94. The maximum atomic E-state index is 9.98. The van der Waals surface area contributed by atoms with Gasteiger partial charge < -0.3 is 14.3 Å². The van der Waals surface area contributed by atoms with E-state index in [4.69, 9.17) is 15.5 Å². The zero-order valence-electron chi connectivity index (χ0n) is 25.6. The summed E-state index contributed by atoms with van der Waals surface area (Å²) in [6, 6.07) is 31.7. The van der Waals surface area contributed by atoms with Crippen molar-refractivity contribution in [1.29, 1.82) is 0 Å². The van der Waals surface area contributed by atoms with E-state index in [1.807, 2.05) is 86.7 Å². The quantitative estimate of drug-likeness (QED) is 0.100. The van der Waals surface area contributed by atoms with E-state index in [1.54, 1.807) is 6.08 Å². The van der Waals surface area contributed by atoms with Crippen molar-refractivity contribution in [2.24, 2.45) is 5.92 Å². The molecule has 0 amide bonds. The first-order chi connectivity index (χ1) is 20.3. The molecule has 1 aliphatic heterocycles. The number of benzene rings is 3. The Morgan fingerprint density at radius 3 is 1.98 bits per heavy atom. The van der Waals surface area contributed by atoms with Crippen molar-refractivity contribution in [2.75, 3.05) is 7.05 Å². The Hall–Kier alpha value is -2.80. The maximum Gasteiger partial charge on any atom is 0.377 e. The van der Waals surface area contributed by atoms with Crippen LogP contribution in [0.5, 0.6) is 0 Å². The van der Waals surface area contributed by atoms with Gasteiger partial charge in [-0.05, 0) is 62.8 Å². The van der Waals surface area contributed by atoms with Crippen molar-refractivity contribution in [1.82, 2.24) is 4.57 Å². The highest BCUT2D eigenvalue weighted by molar-refractivity contribution is 7.15. The van der Waals surface area contributed by atoms with Gasteiger partial charge in [-0.3, -0.25) is 4.57 Å². The van der Waals surface area contributed by atoms with Crippen molar-refractivity contribution >= 4 is 25.2 Å². The monoisotopic (exact) mass is 621 g/mol. The Kier molecular flexibility index (Phi) is 18.7. The number of halogens is 1. The van der Waals surface area contributed by atoms with E-state index in [9.17, 15) is 9.90 Å². The Balaban J connectivity index is 0.000000332. The van der Waals surface area contributed by atoms with Crippen LogP contribution < -0.4 is 0 Å². The molecule has 1 aliphatic rings. The van der Waals surface area contributed by atoms with Crippen LogP contribution in [0.3, 0.4) is 0 Å². The van der Waals surface area contributed by atoms with Crippen molar-refractivity contribution < 1.29 is 14.3 Å². The Morgan fingerprint density at radius 2 is 1.49 bits per heavy atom. The fourth-order valence-corrected chi connectivity index (χ4v) is 8.14. The largest absolute Gasteiger partial charge is 0.393 e. The van der Waals surface area contributed by atoms with E-state index in [0.29, 0.717) is 12.5 Å². The zero-order chi connectivity index (χ0) is 30.8. The number of carbonyl (C=O) groups excluding carboxylic acids is 1. The van der Waals surface area contributed by atoms with Gasteiger partial charge in [0.2, 0.25) is 0 Å². The SMILES string of the molecule is C.C/C=C\C[Si]1(Cl)O[C@H](c2ccccc2)[C@@H](C)N1C.C=C[C@H](C)[C@@H](O)CCc1ccccc1.O=CCCc1ccccc1. The second-order valence-corrected chi connectivity index (χ2v) is 15.1. The molecule has 43 heavy (non-hydrogen) atoms. The minimum Gasteiger partial charge on any atom is -0.393 e. The summed E-state index contributed by atoms with van der Waals surface area (Å²) in [6.45, 7) is 9.87. The molecule has 1 saturated heterocycles. The van der Waals surface area contributed by atoms with Crippen LogP contribution in [0.2, 0.25) is 6.04 Å². The lowest BCUT2D eigenvalue weighted by Crippen LogP contribution is -2.44. The molecule has 0 bridgehead atoms. The number of aliphatic hydroxyl groups is 1.